The molecule has 2 amide bonds. The number of benzene rings is 2. The molecule has 36 heavy (non-hydrogen) atoms. The molecule has 0 atom stereocenters. The van der Waals surface area contributed by atoms with Crippen LogP contribution in [0, 0.1) is 6.92 Å². The first kappa shape index (κ1) is 23.0. The molecule has 9 heteroatoms. The van der Waals surface area contributed by atoms with Crippen molar-refractivity contribution in [2.45, 2.75) is 13.8 Å². The Morgan fingerprint density at radius 3 is 2.61 bits per heavy atom. The Kier molecular flexibility index (Phi) is 5.81. The van der Waals surface area contributed by atoms with Crippen LogP contribution in [0.4, 0.5) is 11.4 Å². The van der Waals surface area contributed by atoms with Gasteiger partial charge < -0.3 is 16.0 Å². The van der Waals surface area contributed by atoms with Gasteiger partial charge in [-0.2, -0.15) is 5.10 Å². The highest BCUT2D eigenvalue weighted by Crippen LogP contribution is 2.33. The first-order chi connectivity index (χ1) is 17.3. The van der Waals surface area contributed by atoms with Crippen molar-refractivity contribution < 1.29 is 14.4 Å². The molecular formula is C27H24N6O3. The van der Waals surface area contributed by atoms with Gasteiger partial charge in [-0.25, -0.2) is 0 Å². The number of aryl methyl sites for hydroxylation is 2. The molecule has 0 bridgehead atoms. The van der Waals surface area contributed by atoms with Gasteiger partial charge >= 0.3 is 0 Å². The zero-order chi connectivity index (χ0) is 25.4. The number of hydrogen-bond acceptors (Lipinski definition) is 6. The van der Waals surface area contributed by atoms with Crippen LogP contribution >= 0.6 is 0 Å². The van der Waals surface area contributed by atoms with Crippen LogP contribution in [-0.2, 0) is 11.8 Å². The Hall–Kier alpha value is -4.79. The highest BCUT2D eigenvalue weighted by atomic mass is 16.2. The van der Waals surface area contributed by atoms with Gasteiger partial charge in [0.2, 0.25) is 0 Å². The van der Waals surface area contributed by atoms with E-state index in [4.69, 9.17) is 0 Å². The van der Waals surface area contributed by atoms with Crippen LogP contribution in [0.3, 0.4) is 0 Å². The number of nitrogens with one attached hydrogen (secondary N) is 3. The Morgan fingerprint density at radius 2 is 1.89 bits per heavy atom. The third-order valence-electron chi connectivity index (χ3n) is 5.93. The van der Waals surface area contributed by atoms with Crippen LogP contribution in [0.2, 0.25) is 0 Å². The number of amides is 2. The monoisotopic (exact) mass is 480 g/mol. The third-order valence-corrected chi connectivity index (χ3v) is 5.93. The molecule has 2 aliphatic rings. The SMILES string of the molecule is CC1=CC(N/C=C2\C(=O)Nc3cc(C(=O)c4cccc(NC(=O)c5cc(C)nn5C)c4)ccc32)=NC1. The predicted molar refractivity (Wildman–Crippen MR) is 138 cm³/mol. The fourth-order valence-electron chi connectivity index (χ4n) is 4.17. The number of nitrogens with zero attached hydrogens (tertiary/aromatic N) is 3. The summed E-state index contributed by atoms with van der Waals surface area (Å²) in [5.41, 5.74) is 5.38. The molecule has 3 heterocycles. The van der Waals surface area contributed by atoms with Crippen LogP contribution in [0.25, 0.3) is 5.57 Å². The van der Waals surface area contributed by atoms with E-state index in [0.717, 1.165) is 11.3 Å². The predicted octanol–water partition coefficient (Wildman–Crippen LogP) is 3.45. The lowest BCUT2D eigenvalue weighted by Crippen LogP contribution is -2.16. The lowest BCUT2D eigenvalue weighted by molar-refractivity contribution is -0.110. The molecule has 0 fully saturated rings. The molecule has 3 N–H and O–H groups in total. The standard InChI is InChI=1S/C27H24N6O3/c1-15-9-24(28-13-15)29-14-21-20-8-7-18(12-22(20)31-26(21)35)25(34)17-5-4-6-19(11-17)30-27(36)23-10-16(2)32-33(23)3/h4-12,14H,13H2,1-3H3,(H,28,29)(H,30,36)(H,31,35)/b21-14-. The van der Waals surface area contributed by atoms with Gasteiger partial charge in [-0.1, -0.05) is 24.3 Å². The van der Waals surface area contributed by atoms with Gasteiger partial charge in [0.25, 0.3) is 11.8 Å². The summed E-state index contributed by atoms with van der Waals surface area (Å²) in [4.78, 5) is 42.7. The summed E-state index contributed by atoms with van der Waals surface area (Å²) in [6, 6.07) is 13.5. The first-order valence-corrected chi connectivity index (χ1v) is 11.4. The van der Waals surface area contributed by atoms with E-state index < -0.39 is 0 Å². The van der Waals surface area contributed by atoms with E-state index in [1.807, 2.05) is 19.9 Å². The van der Waals surface area contributed by atoms with E-state index in [-0.39, 0.29) is 17.6 Å². The summed E-state index contributed by atoms with van der Waals surface area (Å²) in [6.45, 7) is 4.45. The molecule has 0 saturated carbocycles. The number of fused-ring (bicyclic) bond motifs is 1. The van der Waals surface area contributed by atoms with Crippen molar-refractivity contribution >= 4 is 40.4 Å². The molecule has 180 valence electrons. The number of hydrogen-bond donors (Lipinski definition) is 3. The topological polar surface area (TPSA) is 117 Å². The summed E-state index contributed by atoms with van der Waals surface area (Å²) < 4.78 is 1.51. The van der Waals surface area contributed by atoms with E-state index in [1.165, 1.54) is 4.68 Å². The van der Waals surface area contributed by atoms with E-state index in [2.05, 4.69) is 26.0 Å². The smallest absolute Gasteiger partial charge is 0.273 e. The van der Waals surface area contributed by atoms with E-state index in [9.17, 15) is 14.4 Å². The fraction of sp³-hybridized carbons (Fsp3) is 0.148. The van der Waals surface area contributed by atoms with Crippen LogP contribution < -0.4 is 16.0 Å². The minimum Gasteiger partial charge on any atom is -0.346 e. The Labute approximate surface area is 207 Å². The maximum atomic E-state index is 13.2. The summed E-state index contributed by atoms with van der Waals surface area (Å²) in [5.74, 6) is -0.0869. The van der Waals surface area contributed by atoms with Gasteiger partial charge in [0.1, 0.15) is 11.5 Å². The number of carbonyl (C=O) groups excluding carboxylic acids is 3. The summed E-state index contributed by atoms with van der Waals surface area (Å²) in [6.07, 6.45) is 3.56. The van der Waals surface area contributed by atoms with Crippen molar-refractivity contribution in [3.8, 4) is 0 Å². The molecule has 2 aromatic carbocycles. The average molecular weight is 481 g/mol. The van der Waals surface area contributed by atoms with Crippen molar-refractivity contribution in [2.24, 2.45) is 12.0 Å². The summed E-state index contributed by atoms with van der Waals surface area (Å²) in [7, 11) is 1.70. The molecule has 9 nitrogen and oxygen atoms in total. The quantitative estimate of drug-likeness (QED) is 0.382. The molecule has 3 aromatic rings. The second-order valence-corrected chi connectivity index (χ2v) is 8.77. The van der Waals surface area contributed by atoms with Crippen molar-refractivity contribution in [1.29, 1.82) is 0 Å². The van der Waals surface area contributed by atoms with E-state index in [0.29, 0.717) is 51.7 Å². The normalized spacial score (nSPS) is 15.3. The van der Waals surface area contributed by atoms with Gasteiger partial charge in [0, 0.05) is 41.3 Å². The molecule has 0 radical (unpaired) electrons. The van der Waals surface area contributed by atoms with Gasteiger partial charge in [0.15, 0.2) is 5.78 Å². The van der Waals surface area contributed by atoms with E-state index >= 15 is 0 Å². The minimum atomic E-state index is -0.315. The summed E-state index contributed by atoms with van der Waals surface area (Å²) >= 11 is 0. The molecule has 0 aliphatic carbocycles. The van der Waals surface area contributed by atoms with Gasteiger partial charge in [-0.05, 0) is 49.8 Å². The molecule has 5 rings (SSSR count). The van der Waals surface area contributed by atoms with Crippen LogP contribution in [0.15, 0.2) is 71.4 Å². The fourth-order valence-corrected chi connectivity index (χ4v) is 4.17. The maximum Gasteiger partial charge on any atom is 0.273 e. The number of rotatable bonds is 5. The van der Waals surface area contributed by atoms with Crippen LogP contribution in [0.5, 0.6) is 0 Å². The molecular weight excluding hydrogens is 456 g/mol. The molecule has 0 spiro atoms. The van der Waals surface area contributed by atoms with Crippen molar-refractivity contribution in [3.63, 3.8) is 0 Å². The first-order valence-electron chi connectivity index (χ1n) is 11.4. The van der Waals surface area contributed by atoms with Crippen LogP contribution in [-0.4, -0.2) is 39.8 Å². The van der Waals surface area contributed by atoms with Gasteiger partial charge in [-0.15, -0.1) is 0 Å². The average Bonchev–Trinajstić information content (AvgIpc) is 3.52. The molecule has 1 aromatic heterocycles. The molecule has 0 unspecified atom stereocenters. The number of aliphatic imine (C=N–C) groups is 1. The lowest BCUT2D eigenvalue weighted by Gasteiger charge is -2.08. The second kappa shape index (κ2) is 9.10. The third kappa shape index (κ3) is 4.46. The highest BCUT2D eigenvalue weighted by Gasteiger charge is 2.25. The number of anilines is 2. The summed E-state index contributed by atoms with van der Waals surface area (Å²) in [5, 5.41) is 12.9. The number of aromatic nitrogens is 2. The Balaban J connectivity index is 1.34. The Morgan fingerprint density at radius 1 is 1.08 bits per heavy atom. The van der Waals surface area contributed by atoms with Crippen molar-refractivity contribution in [2.75, 3.05) is 17.2 Å². The largest absolute Gasteiger partial charge is 0.346 e. The lowest BCUT2D eigenvalue weighted by atomic mass is 9.99. The minimum absolute atomic E-state index is 0.226. The van der Waals surface area contributed by atoms with Crippen molar-refractivity contribution in [3.05, 3.63) is 94.5 Å². The molecule has 2 aliphatic heterocycles. The van der Waals surface area contributed by atoms with Gasteiger partial charge in [-0.3, -0.25) is 24.1 Å². The number of amidine groups is 1. The number of ketones is 1. The zero-order valence-electron chi connectivity index (χ0n) is 20.0. The van der Waals surface area contributed by atoms with Crippen molar-refractivity contribution in [1.82, 2.24) is 15.1 Å². The highest BCUT2D eigenvalue weighted by molar-refractivity contribution is 6.32. The number of carbonyl (C=O) groups is 3. The van der Waals surface area contributed by atoms with Gasteiger partial charge in [0.05, 0.1) is 17.8 Å². The van der Waals surface area contributed by atoms with Crippen LogP contribution in [0.1, 0.15) is 44.6 Å². The maximum absolute atomic E-state index is 13.2. The molecule has 0 saturated heterocycles. The van der Waals surface area contributed by atoms with E-state index in [1.54, 1.807) is 61.8 Å². The zero-order valence-corrected chi connectivity index (χ0v) is 20.0. The second-order valence-electron chi connectivity index (χ2n) is 8.77. The Bertz CT molecular complexity index is 1530.